The van der Waals surface area contributed by atoms with E-state index in [1.165, 1.54) is 5.56 Å². The molecule has 1 aliphatic heterocycles. The maximum Gasteiger partial charge on any atom is 0.188 e. The largest absolute Gasteiger partial charge is 0.381 e. The van der Waals surface area contributed by atoms with E-state index in [2.05, 4.69) is 30.2 Å². The van der Waals surface area contributed by atoms with Crippen molar-refractivity contribution in [3.63, 3.8) is 0 Å². The molecule has 2 rings (SSSR count). The van der Waals surface area contributed by atoms with Crippen LogP contribution in [0.5, 0.6) is 0 Å². The summed E-state index contributed by atoms with van der Waals surface area (Å²) >= 11 is 6.18. The first-order chi connectivity index (χ1) is 11.0. The van der Waals surface area contributed by atoms with Gasteiger partial charge in [0.05, 0.1) is 6.54 Å². The fourth-order valence-electron chi connectivity index (χ4n) is 2.90. The number of nitrogens with one attached hydrogen (secondary N) is 1. The zero-order chi connectivity index (χ0) is 16.7. The molecule has 1 aromatic rings. The van der Waals surface area contributed by atoms with E-state index in [9.17, 15) is 0 Å². The normalized spacial score (nSPS) is 18.2. The number of hydrogen-bond donors (Lipinski definition) is 2. The highest BCUT2D eigenvalue weighted by molar-refractivity contribution is 6.30. The zero-order valence-electron chi connectivity index (χ0n) is 14.1. The first kappa shape index (κ1) is 18.1. The van der Waals surface area contributed by atoms with Gasteiger partial charge in [0.15, 0.2) is 5.96 Å². The molecule has 0 atom stereocenters. The molecule has 0 amide bonds. The third-order valence-electron chi connectivity index (χ3n) is 4.47. The summed E-state index contributed by atoms with van der Waals surface area (Å²) in [4.78, 5) is 4.61. The standard InChI is InChI=1S/C18H28ClN3O/c1-14(2)6-9-21-17(20)22-13-18(7-10-23-11-8-18)15-4-3-5-16(19)12-15/h3-5,12,14H,6-11,13H2,1-2H3,(H3,20,21,22). The number of hydrogen-bond acceptors (Lipinski definition) is 2. The topological polar surface area (TPSA) is 59.6 Å². The molecule has 0 aliphatic carbocycles. The lowest BCUT2D eigenvalue weighted by atomic mass is 9.74. The summed E-state index contributed by atoms with van der Waals surface area (Å²) in [5.41, 5.74) is 7.22. The molecule has 0 saturated carbocycles. The van der Waals surface area contributed by atoms with Crippen LogP contribution in [-0.4, -0.2) is 32.3 Å². The number of guanidine groups is 1. The van der Waals surface area contributed by atoms with Gasteiger partial charge in [-0.05, 0) is 42.9 Å². The number of benzene rings is 1. The van der Waals surface area contributed by atoms with Gasteiger partial charge in [-0.25, -0.2) is 0 Å². The molecule has 1 fully saturated rings. The second-order valence-corrected chi connectivity index (χ2v) is 7.15. The van der Waals surface area contributed by atoms with Gasteiger partial charge in [0.1, 0.15) is 0 Å². The smallest absolute Gasteiger partial charge is 0.188 e. The molecule has 1 heterocycles. The summed E-state index contributed by atoms with van der Waals surface area (Å²) in [6, 6.07) is 8.09. The molecule has 0 radical (unpaired) electrons. The van der Waals surface area contributed by atoms with Gasteiger partial charge in [-0.1, -0.05) is 37.6 Å². The summed E-state index contributed by atoms with van der Waals surface area (Å²) in [7, 11) is 0. The summed E-state index contributed by atoms with van der Waals surface area (Å²) in [6.45, 7) is 7.43. The van der Waals surface area contributed by atoms with Crippen molar-refractivity contribution in [2.45, 2.75) is 38.5 Å². The maximum atomic E-state index is 6.18. The van der Waals surface area contributed by atoms with E-state index in [0.717, 1.165) is 44.0 Å². The number of nitrogens with zero attached hydrogens (tertiary/aromatic N) is 1. The molecule has 0 aromatic heterocycles. The summed E-state index contributed by atoms with van der Waals surface area (Å²) in [5, 5.41) is 3.97. The van der Waals surface area contributed by atoms with Crippen molar-refractivity contribution in [2.24, 2.45) is 16.6 Å². The highest BCUT2D eigenvalue weighted by Gasteiger charge is 2.34. The van der Waals surface area contributed by atoms with Crippen molar-refractivity contribution in [2.75, 3.05) is 26.3 Å². The number of aliphatic imine (C=N–C) groups is 1. The van der Waals surface area contributed by atoms with Gasteiger partial charge in [-0.2, -0.15) is 0 Å². The van der Waals surface area contributed by atoms with Crippen LogP contribution in [0.15, 0.2) is 29.3 Å². The fourth-order valence-corrected chi connectivity index (χ4v) is 3.09. The number of nitrogens with two attached hydrogens (primary N) is 1. The Morgan fingerprint density at radius 2 is 2.13 bits per heavy atom. The van der Waals surface area contributed by atoms with E-state index >= 15 is 0 Å². The van der Waals surface area contributed by atoms with Gasteiger partial charge in [0, 0.05) is 30.2 Å². The van der Waals surface area contributed by atoms with Gasteiger partial charge in [0.2, 0.25) is 0 Å². The first-order valence-corrected chi connectivity index (χ1v) is 8.77. The van der Waals surface area contributed by atoms with E-state index in [4.69, 9.17) is 22.1 Å². The van der Waals surface area contributed by atoms with E-state index in [-0.39, 0.29) is 5.41 Å². The van der Waals surface area contributed by atoms with Crippen LogP contribution in [0.2, 0.25) is 5.02 Å². The molecule has 3 N–H and O–H groups in total. The van der Waals surface area contributed by atoms with Crippen molar-refractivity contribution in [1.29, 1.82) is 0 Å². The maximum absolute atomic E-state index is 6.18. The van der Waals surface area contributed by atoms with Crippen molar-refractivity contribution >= 4 is 17.6 Å². The Balaban J connectivity index is 2.07. The molecule has 0 bridgehead atoms. The molecule has 0 unspecified atom stereocenters. The van der Waals surface area contributed by atoms with Crippen molar-refractivity contribution in [3.8, 4) is 0 Å². The van der Waals surface area contributed by atoms with Crippen LogP contribution in [0.1, 0.15) is 38.7 Å². The van der Waals surface area contributed by atoms with Crippen LogP contribution in [0, 0.1) is 5.92 Å². The SMILES string of the molecule is CC(C)CCNC(N)=NCC1(c2cccc(Cl)c2)CCOCC1. The van der Waals surface area contributed by atoms with Crippen molar-refractivity contribution < 1.29 is 4.74 Å². The molecule has 1 aromatic carbocycles. The Morgan fingerprint density at radius 1 is 1.39 bits per heavy atom. The quantitative estimate of drug-likeness (QED) is 0.618. The minimum absolute atomic E-state index is 0.0342. The average Bonchev–Trinajstić information content (AvgIpc) is 2.53. The predicted molar refractivity (Wildman–Crippen MR) is 97.1 cm³/mol. The van der Waals surface area contributed by atoms with E-state index in [1.807, 2.05) is 18.2 Å². The Labute approximate surface area is 144 Å². The van der Waals surface area contributed by atoms with Gasteiger partial charge >= 0.3 is 0 Å². The molecule has 0 spiro atoms. The van der Waals surface area contributed by atoms with Crippen molar-refractivity contribution in [1.82, 2.24) is 5.32 Å². The van der Waals surface area contributed by atoms with Gasteiger partial charge in [0.25, 0.3) is 0 Å². The summed E-state index contributed by atoms with van der Waals surface area (Å²) in [5.74, 6) is 1.18. The van der Waals surface area contributed by atoms with Crippen LogP contribution < -0.4 is 11.1 Å². The van der Waals surface area contributed by atoms with Crippen LogP contribution in [0.25, 0.3) is 0 Å². The third-order valence-corrected chi connectivity index (χ3v) is 4.70. The lowest BCUT2D eigenvalue weighted by Crippen LogP contribution is -2.39. The van der Waals surface area contributed by atoms with E-state index in [1.54, 1.807) is 0 Å². The molecular formula is C18H28ClN3O. The molecule has 1 aliphatic rings. The Morgan fingerprint density at radius 3 is 2.78 bits per heavy atom. The number of rotatable bonds is 6. The third kappa shape index (κ3) is 5.40. The lowest BCUT2D eigenvalue weighted by Gasteiger charge is -2.36. The Bertz CT molecular complexity index is 525. The zero-order valence-corrected chi connectivity index (χ0v) is 14.9. The monoisotopic (exact) mass is 337 g/mol. The number of ether oxygens (including phenoxy) is 1. The molecule has 1 saturated heterocycles. The number of halogens is 1. The van der Waals surface area contributed by atoms with Crippen LogP contribution >= 0.6 is 11.6 Å². The van der Waals surface area contributed by atoms with Gasteiger partial charge in [-0.3, -0.25) is 4.99 Å². The van der Waals surface area contributed by atoms with Gasteiger partial charge < -0.3 is 15.8 Å². The second-order valence-electron chi connectivity index (χ2n) is 6.71. The fraction of sp³-hybridized carbons (Fsp3) is 0.611. The second kappa shape index (κ2) is 8.55. The molecule has 23 heavy (non-hydrogen) atoms. The Hall–Kier alpha value is -1.26. The molecular weight excluding hydrogens is 310 g/mol. The van der Waals surface area contributed by atoms with Crippen LogP contribution in [-0.2, 0) is 10.2 Å². The van der Waals surface area contributed by atoms with E-state index < -0.39 is 0 Å². The molecule has 5 heteroatoms. The van der Waals surface area contributed by atoms with E-state index in [0.29, 0.717) is 18.4 Å². The van der Waals surface area contributed by atoms with Crippen LogP contribution in [0.4, 0.5) is 0 Å². The van der Waals surface area contributed by atoms with Crippen molar-refractivity contribution in [3.05, 3.63) is 34.9 Å². The first-order valence-electron chi connectivity index (χ1n) is 8.39. The summed E-state index contributed by atoms with van der Waals surface area (Å²) < 4.78 is 5.55. The lowest BCUT2D eigenvalue weighted by molar-refractivity contribution is 0.0531. The minimum Gasteiger partial charge on any atom is -0.381 e. The predicted octanol–water partition coefficient (Wildman–Crippen LogP) is 3.34. The van der Waals surface area contributed by atoms with Gasteiger partial charge in [-0.15, -0.1) is 0 Å². The highest BCUT2D eigenvalue weighted by atomic mass is 35.5. The highest BCUT2D eigenvalue weighted by Crippen LogP contribution is 2.36. The molecule has 128 valence electrons. The Kier molecular flexibility index (Phi) is 6.72. The van der Waals surface area contributed by atoms with Crippen LogP contribution in [0.3, 0.4) is 0 Å². The minimum atomic E-state index is -0.0342. The average molecular weight is 338 g/mol. The summed E-state index contributed by atoms with van der Waals surface area (Å²) in [6.07, 6.45) is 2.97. The molecule has 4 nitrogen and oxygen atoms in total.